The molecule has 3 aliphatic rings. The maximum atomic E-state index is 14.2. The number of anilines is 1. The number of likely N-dealkylation sites (tertiary alicyclic amines) is 1. The third-order valence-corrected chi connectivity index (χ3v) is 8.03. The summed E-state index contributed by atoms with van der Waals surface area (Å²) < 4.78 is 40.5. The van der Waals surface area contributed by atoms with Crippen LogP contribution in [-0.2, 0) is 0 Å². The lowest BCUT2D eigenvalue weighted by molar-refractivity contribution is 0.0659. The average molecular weight is 560 g/mol. The summed E-state index contributed by atoms with van der Waals surface area (Å²) in [5.41, 5.74) is 2.67. The minimum atomic E-state index is -2.59. The predicted octanol–water partition coefficient (Wildman–Crippen LogP) is 4.64. The van der Waals surface area contributed by atoms with Crippen LogP contribution in [-0.4, -0.2) is 67.4 Å². The van der Waals surface area contributed by atoms with Gasteiger partial charge in [-0.2, -0.15) is 5.10 Å². The summed E-state index contributed by atoms with van der Waals surface area (Å²) in [6, 6.07) is 13.1. The molecule has 3 aliphatic heterocycles. The van der Waals surface area contributed by atoms with E-state index in [4.69, 9.17) is 9.47 Å². The van der Waals surface area contributed by atoms with Gasteiger partial charge in [-0.05, 0) is 48.1 Å². The Morgan fingerprint density at radius 2 is 1.77 bits per heavy atom. The summed E-state index contributed by atoms with van der Waals surface area (Å²) >= 11 is 0. The fraction of sp³-hybridized carbons (Fsp3) is 0.429. The summed E-state index contributed by atoms with van der Waals surface area (Å²) in [5, 5.41) is 11.3. The van der Waals surface area contributed by atoms with Crippen LogP contribution in [0.25, 0.3) is 11.3 Å². The second-order valence-electron chi connectivity index (χ2n) is 10.3. The van der Waals surface area contributed by atoms with E-state index >= 15 is 0 Å². The van der Waals surface area contributed by atoms with Gasteiger partial charge in [0.15, 0.2) is 11.5 Å². The van der Waals surface area contributed by atoms with Crippen LogP contribution in [0, 0.1) is 11.8 Å². The van der Waals surface area contributed by atoms with Crippen molar-refractivity contribution in [3.8, 4) is 22.8 Å². The number of aromatic nitrogens is 2. The Morgan fingerprint density at radius 3 is 2.46 bits per heavy atom. The number of amides is 1. The first-order valence-electron chi connectivity index (χ1n) is 12.9. The first-order chi connectivity index (χ1) is 18.4. The molecule has 208 valence electrons. The Kier molecular flexibility index (Phi) is 7.68. The van der Waals surface area contributed by atoms with Crippen LogP contribution in [0.5, 0.6) is 11.5 Å². The zero-order chi connectivity index (χ0) is 26.4. The van der Waals surface area contributed by atoms with Crippen LogP contribution in [0.3, 0.4) is 0 Å². The molecule has 0 aliphatic carbocycles. The highest BCUT2D eigenvalue weighted by atomic mass is 35.5. The van der Waals surface area contributed by atoms with E-state index in [1.807, 2.05) is 41.3 Å². The minimum Gasteiger partial charge on any atom is -0.493 e. The monoisotopic (exact) mass is 559 g/mol. The number of carbonyl (C=O) groups is 1. The largest absolute Gasteiger partial charge is 0.493 e. The second-order valence-corrected chi connectivity index (χ2v) is 10.3. The molecule has 8 nitrogen and oxygen atoms in total. The summed E-state index contributed by atoms with van der Waals surface area (Å²) in [7, 11) is 3.10. The number of benzene rings is 2. The lowest BCUT2D eigenvalue weighted by Crippen LogP contribution is -2.31. The molecule has 3 aromatic rings. The third kappa shape index (κ3) is 5.03. The van der Waals surface area contributed by atoms with Crippen LogP contribution < -0.4 is 20.1 Å². The van der Waals surface area contributed by atoms with Crippen molar-refractivity contribution in [2.45, 2.75) is 24.9 Å². The van der Waals surface area contributed by atoms with Crippen LogP contribution in [0.2, 0.25) is 0 Å². The van der Waals surface area contributed by atoms with E-state index in [-0.39, 0.29) is 30.8 Å². The van der Waals surface area contributed by atoms with Gasteiger partial charge in [0.05, 0.1) is 26.0 Å². The number of rotatable bonds is 6. The molecule has 4 unspecified atom stereocenters. The summed E-state index contributed by atoms with van der Waals surface area (Å²) in [6.45, 7) is 3.43. The molecule has 0 radical (unpaired) electrons. The van der Waals surface area contributed by atoms with Crippen LogP contribution in [0.1, 0.15) is 34.4 Å². The highest BCUT2D eigenvalue weighted by molar-refractivity contribution is 5.95. The van der Waals surface area contributed by atoms with Crippen molar-refractivity contribution in [3.63, 3.8) is 0 Å². The summed E-state index contributed by atoms with van der Waals surface area (Å²) in [4.78, 5) is 15.2. The van der Waals surface area contributed by atoms with Crippen molar-refractivity contribution in [1.82, 2.24) is 20.0 Å². The fourth-order valence-corrected chi connectivity index (χ4v) is 5.99. The number of alkyl halides is 2. The van der Waals surface area contributed by atoms with Gasteiger partial charge in [-0.3, -0.25) is 4.79 Å². The lowest BCUT2D eigenvalue weighted by atomic mass is 9.97. The molecule has 2 saturated heterocycles. The van der Waals surface area contributed by atoms with Gasteiger partial charge >= 0.3 is 0 Å². The van der Waals surface area contributed by atoms with Gasteiger partial charge in [0, 0.05) is 43.4 Å². The number of methoxy groups -OCH3 is 2. The van der Waals surface area contributed by atoms with Gasteiger partial charge in [0.25, 0.3) is 12.3 Å². The number of nitrogens with zero attached hydrogens (tertiary/aromatic N) is 3. The minimum absolute atomic E-state index is 0. The van der Waals surface area contributed by atoms with Crippen molar-refractivity contribution in [2.75, 3.05) is 45.7 Å². The number of hydrogen-bond donors (Lipinski definition) is 2. The van der Waals surface area contributed by atoms with Gasteiger partial charge < -0.3 is 25.0 Å². The van der Waals surface area contributed by atoms with Gasteiger partial charge in [-0.15, -0.1) is 12.4 Å². The lowest BCUT2D eigenvalue weighted by Gasteiger charge is -2.32. The van der Waals surface area contributed by atoms with E-state index in [1.165, 1.54) is 4.68 Å². The molecule has 11 heteroatoms. The van der Waals surface area contributed by atoms with Crippen LogP contribution in [0.15, 0.2) is 48.5 Å². The number of hydrogen-bond acceptors (Lipinski definition) is 6. The first-order valence-corrected chi connectivity index (χ1v) is 12.9. The van der Waals surface area contributed by atoms with Crippen molar-refractivity contribution in [1.29, 1.82) is 0 Å². The molecule has 2 fully saturated rings. The van der Waals surface area contributed by atoms with Crippen LogP contribution >= 0.6 is 12.4 Å². The number of ether oxygens (including phenoxy) is 2. The number of nitrogens with one attached hydrogen (secondary N) is 2. The molecule has 0 spiro atoms. The fourth-order valence-electron chi connectivity index (χ4n) is 5.99. The molecule has 0 bridgehead atoms. The highest BCUT2D eigenvalue weighted by Gasteiger charge is 2.38. The van der Waals surface area contributed by atoms with Crippen molar-refractivity contribution in [2.24, 2.45) is 11.8 Å². The maximum Gasteiger partial charge on any atom is 0.260 e. The number of halogens is 3. The van der Waals surface area contributed by atoms with E-state index in [0.717, 1.165) is 37.3 Å². The van der Waals surface area contributed by atoms with E-state index < -0.39 is 12.5 Å². The molecular weight excluding hydrogens is 528 g/mol. The Labute approximate surface area is 232 Å². The van der Waals surface area contributed by atoms with Crippen molar-refractivity contribution in [3.05, 3.63) is 59.7 Å². The Morgan fingerprint density at radius 1 is 1.03 bits per heavy atom. The van der Waals surface area contributed by atoms with E-state index in [0.29, 0.717) is 40.4 Å². The first kappa shape index (κ1) is 27.2. The van der Waals surface area contributed by atoms with E-state index in [1.54, 1.807) is 26.4 Å². The normalized spacial score (nSPS) is 23.6. The Balaban J connectivity index is 0.00000308. The molecule has 6 rings (SSSR count). The molecule has 0 saturated carbocycles. The predicted molar refractivity (Wildman–Crippen MR) is 146 cm³/mol. The molecule has 1 aromatic heterocycles. The zero-order valence-electron chi connectivity index (χ0n) is 21.8. The maximum absolute atomic E-state index is 14.2. The van der Waals surface area contributed by atoms with Gasteiger partial charge in [-0.1, -0.05) is 18.2 Å². The van der Waals surface area contributed by atoms with Gasteiger partial charge in [0.2, 0.25) is 0 Å². The third-order valence-electron chi connectivity index (χ3n) is 8.03. The summed E-state index contributed by atoms with van der Waals surface area (Å²) in [6.07, 6.45) is -2.44. The highest BCUT2D eigenvalue weighted by Crippen LogP contribution is 2.41. The smallest absolute Gasteiger partial charge is 0.260 e. The van der Waals surface area contributed by atoms with Gasteiger partial charge in [-0.25, -0.2) is 13.5 Å². The van der Waals surface area contributed by atoms with Crippen molar-refractivity contribution >= 4 is 24.1 Å². The standard InChI is InChI=1S/C28H31F2N5O3.ClH/c1-37-24-7-6-17(9-25(24)38-2)21-10-23(27(29)30)35-26(32-21)11-22(33-35)16-4-3-5-18(8-16)28(36)34-14-19-12-31-13-20(19)15-34;/h3-9,11,19-21,23,27,31-32H,10,12-15H2,1-2H3;1H. The zero-order valence-corrected chi connectivity index (χ0v) is 22.6. The molecule has 4 heterocycles. The Hall–Kier alpha value is -3.37. The molecule has 2 N–H and O–H groups in total. The average Bonchev–Trinajstić information content (AvgIpc) is 3.67. The molecule has 1 amide bonds. The number of carbonyl (C=O) groups excluding carboxylic acids is 1. The topological polar surface area (TPSA) is 80.7 Å². The Bertz CT molecular complexity index is 1340. The van der Waals surface area contributed by atoms with Gasteiger partial charge in [0.1, 0.15) is 11.9 Å². The second kappa shape index (κ2) is 11.0. The van der Waals surface area contributed by atoms with Crippen LogP contribution in [0.4, 0.5) is 14.6 Å². The molecule has 4 atom stereocenters. The quantitative estimate of drug-likeness (QED) is 0.458. The SMILES string of the molecule is COc1ccc(C2CC(C(F)F)n3nc(-c4cccc(C(=O)N5CC6CNCC6C5)c4)cc3N2)cc1OC.Cl. The number of fused-ring (bicyclic) bond motifs is 2. The summed E-state index contributed by atoms with van der Waals surface area (Å²) in [5.74, 6) is 2.65. The van der Waals surface area contributed by atoms with E-state index in [9.17, 15) is 13.6 Å². The molecule has 2 aromatic carbocycles. The molecular formula is C28H32ClF2N5O3. The molecule has 39 heavy (non-hydrogen) atoms. The van der Waals surface area contributed by atoms with Crippen molar-refractivity contribution < 1.29 is 23.0 Å². The van der Waals surface area contributed by atoms with E-state index in [2.05, 4.69) is 15.7 Å².